The van der Waals surface area contributed by atoms with Gasteiger partial charge in [-0.3, -0.25) is 28.8 Å². The Morgan fingerprint density at radius 2 is 0.789 bits per heavy atom. The molecule has 2 rings (SSSR count). The third-order valence-electron chi connectivity index (χ3n) is 6.53. The Labute approximate surface area is 222 Å². The van der Waals surface area contributed by atoms with Crippen molar-refractivity contribution in [3.63, 3.8) is 0 Å². The number of esters is 4. The van der Waals surface area contributed by atoms with Crippen molar-refractivity contribution < 1.29 is 47.7 Å². The van der Waals surface area contributed by atoms with E-state index < -0.39 is 60.1 Å². The van der Waals surface area contributed by atoms with Gasteiger partial charge in [-0.15, -0.1) is 0 Å². The van der Waals surface area contributed by atoms with Crippen molar-refractivity contribution >= 4 is 35.7 Å². The van der Waals surface area contributed by atoms with Crippen molar-refractivity contribution in [2.75, 3.05) is 0 Å². The van der Waals surface area contributed by atoms with Crippen LogP contribution in [0.5, 0.6) is 0 Å². The molecule has 38 heavy (non-hydrogen) atoms. The number of amides is 2. The molecule has 0 aromatic heterocycles. The minimum absolute atomic E-state index is 0.196. The quantitative estimate of drug-likeness (QED) is 0.291. The van der Waals surface area contributed by atoms with Gasteiger partial charge in [-0.25, -0.2) is 0 Å². The zero-order chi connectivity index (χ0) is 28.2. The zero-order valence-electron chi connectivity index (χ0n) is 22.6. The second kappa shape index (κ2) is 15.3. The smallest absolute Gasteiger partial charge is 0.303 e. The summed E-state index contributed by atoms with van der Waals surface area (Å²) in [7, 11) is 0. The first-order chi connectivity index (χ1) is 18.0. The van der Waals surface area contributed by atoms with Gasteiger partial charge in [0.05, 0.1) is 0 Å². The van der Waals surface area contributed by atoms with Crippen LogP contribution in [0.3, 0.4) is 0 Å². The summed E-state index contributed by atoms with van der Waals surface area (Å²) in [4.78, 5) is 75.0. The fourth-order valence-electron chi connectivity index (χ4n) is 4.94. The summed E-state index contributed by atoms with van der Waals surface area (Å²) in [5.74, 6) is -5.12. The van der Waals surface area contributed by atoms with E-state index in [9.17, 15) is 28.8 Å². The summed E-state index contributed by atoms with van der Waals surface area (Å²) in [5.41, 5.74) is 0. The zero-order valence-corrected chi connectivity index (χ0v) is 22.6. The van der Waals surface area contributed by atoms with E-state index in [0.717, 1.165) is 66.2 Å². The van der Waals surface area contributed by atoms with Crippen molar-refractivity contribution in [2.24, 2.45) is 0 Å². The minimum atomic E-state index is -1.79. The molecule has 0 radical (unpaired) electrons. The Hall–Kier alpha value is -3.18. The lowest BCUT2D eigenvalue weighted by atomic mass is 9.94. The third-order valence-corrected chi connectivity index (χ3v) is 6.53. The van der Waals surface area contributed by atoms with E-state index in [1.807, 2.05) is 0 Å². The minimum Gasteiger partial charge on any atom is -0.454 e. The number of hydrogen-bond acceptors (Lipinski definition) is 10. The van der Waals surface area contributed by atoms with Gasteiger partial charge in [-0.2, -0.15) is 0 Å². The van der Waals surface area contributed by atoms with Crippen LogP contribution >= 0.6 is 0 Å². The maximum atomic E-state index is 13.4. The number of carbonyl (C=O) groups is 6. The molecule has 0 bridgehead atoms. The van der Waals surface area contributed by atoms with Gasteiger partial charge in [0.25, 0.3) is 11.8 Å². The van der Waals surface area contributed by atoms with Gasteiger partial charge in [0.1, 0.15) is 0 Å². The molecule has 0 saturated heterocycles. The lowest BCUT2D eigenvalue weighted by molar-refractivity contribution is -0.200. The second-order valence-electron chi connectivity index (χ2n) is 9.90. The van der Waals surface area contributed by atoms with Crippen molar-refractivity contribution in [3.8, 4) is 0 Å². The normalized spacial score (nSPS) is 19.6. The number of hydrogen-bond donors (Lipinski definition) is 2. The third kappa shape index (κ3) is 10.3. The molecule has 12 nitrogen and oxygen atoms in total. The van der Waals surface area contributed by atoms with Crippen LogP contribution in [-0.2, 0) is 47.7 Å². The number of rotatable bonds is 11. The van der Waals surface area contributed by atoms with Crippen molar-refractivity contribution in [1.29, 1.82) is 0 Å². The number of carbonyl (C=O) groups excluding carboxylic acids is 6. The first-order valence-electron chi connectivity index (χ1n) is 13.3. The van der Waals surface area contributed by atoms with E-state index in [2.05, 4.69) is 10.6 Å². The summed E-state index contributed by atoms with van der Waals surface area (Å²) in [5, 5.41) is 5.61. The van der Waals surface area contributed by atoms with Gasteiger partial charge < -0.3 is 29.6 Å². The van der Waals surface area contributed by atoms with Crippen LogP contribution in [0.2, 0.25) is 0 Å². The molecule has 2 N–H and O–H groups in total. The van der Waals surface area contributed by atoms with Crippen molar-refractivity contribution in [3.05, 3.63) is 0 Å². The molecule has 0 spiro atoms. The van der Waals surface area contributed by atoms with Crippen molar-refractivity contribution in [2.45, 2.75) is 128 Å². The van der Waals surface area contributed by atoms with Crippen LogP contribution in [0.1, 0.15) is 91.9 Å². The second-order valence-corrected chi connectivity index (χ2v) is 9.90. The number of nitrogens with one attached hydrogen (secondary N) is 2. The number of ether oxygens (including phenoxy) is 4. The fourth-order valence-corrected chi connectivity index (χ4v) is 4.94. The van der Waals surface area contributed by atoms with Gasteiger partial charge in [0.15, 0.2) is 12.2 Å². The van der Waals surface area contributed by atoms with Gasteiger partial charge >= 0.3 is 23.9 Å². The van der Waals surface area contributed by atoms with E-state index in [-0.39, 0.29) is 12.1 Å². The SMILES string of the molecule is CC(=O)O[C@@H]([C@H](OC(C)=O)[C@H](OC(C)=O)C(=O)NC1CCCCC1)[C@H](OC(C)=O)C(=O)NC1CCCCC1. The maximum absolute atomic E-state index is 13.4. The predicted molar refractivity (Wildman–Crippen MR) is 132 cm³/mol. The van der Waals surface area contributed by atoms with Gasteiger partial charge in [-0.05, 0) is 25.7 Å². The Morgan fingerprint density at radius 1 is 0.500 bits per heavy atom. The molecule has 0 unspecified atom stereocenters. The topological polar surface area (TPSA) is 163 Å². The van der Waals surface area contributed by atoms with Crippen LogP contribution in [0, 0.1) is 0 Å². The first kappa shape index (κ1) is 31.0. The molecule has 0 heterocycles. The van der Waals surface area contributed by atoms with E-state index in [4.69, 9.17) is 18.9 Å². The Morgan fingerprint density at radius 3 is 1.05 bits per heavy atom. The average Bonchev–Trinajstić information content (AvgIpc) is 2.84. The van der Waals surface area contributed by atoms with Gasteiger partial charge in [0, 0.05) is 39.8 Å². The molecule has 4 atom stereocenters. The van der Waals surface area contributed by atoms with Crippen LogP contribution < -0.4 is 10.6 Å². The monoisotopic (exact) mass is 540 g/mol. The lowest BCUT2D eigenvalue weighted by Gasteiger charge is -2.35. The summed E-state index contributed by atoms with van der Waals surface area (Å²) >= 11 is 0. The standard InChI is InChI=1S/C26H40N2O10/c1-15(29)35-21(23(37-17(3)31)25(33)27-19-11-7-5-8-12-19)22(36-16(2)30)24(38-18(4)32)26(34)28-20-13-9-6-10-14-20/h19-24H,5-14H2,1-4H3,(H,27,33)(H,28,34)/t21-,22-,23-,24-/m0/s1. The molecule has 2 aliphatic carbocycles. The molecule has 12 heteroatoms. The van der Waals surface area contributed by atoms with E-state index >= 15 is 0 Å². The predicted octanol–water partition coefficient (Wildman–Crippen LogP) is 1.61. The largest absolute Gasteiger partial charge is 0.454 e. The van der Waals surface area contributed by atoms with E-state index in [0.29, 0.717) is 25.7 Å². The van der Waals surface area contributed by atoms with E-state index in [1.54, 1.807) is 0 Å². The maximum Gasteiger partial charge on any atom is 0.303 e. The molecule has 0 aromatic rings. The van der Waals surface area contributed by atoms with Gasteiger partial charge in [-0.1, -0.05) is 38.5 Å². The van der Waals surface area contributed by atoms with Gasteiger partial charge in [0.2, 0.25) is 12.2 Å². The molecule has 0 aliphatic heterocycles. The summed E-state index contributed by atoms with van der Waals surface area (Å²) in [6.07, 6.45) is 1.38. The van der Waals surface area contributed by atoms with Crippen LogP contribution in [0.15, 0.2) is 0 Å². The van der Waals surface area contributed by atoms with Crippen LogP contribution in [-0.4, -0.2) is 72.2 Å². The molecule has 2 aliphatic rings. The highest BCUT2D eigenvalue weighted by Crippen LogP contribution is 2.23. The Kier molecular flexibility index (Phi) is 12.5. The molecular weight excluding hydrogens is 500 g/mol. The van der Waals surface area contributed by atoms with Crippen molar-refractivity contribution in [1.82, 2.24) is 10.6 Å². The Balaban J connectivity index is 2.46. The Bertz CT molecular complexity index is 794. The van der Waals surface area contributed by atoms with Crippen LogP contribution in [0.4, 0.5) is 0 Å². The molecule has 2 saturated carbocycles. The fraction of sp³-hybridized carbons (Fsp3) is 0.769. The highest BCUT2D eigenvalue weighted by Gasteiger charge is 2.49. The lowest BCUT2D eigenvalue weighted by Crippen LogP contribution is -2.60. The van der Waals surface area contributed by atoms with E-state index in [1.165, 1.54) is 0 Å². The molecular formula is C26H40N2O10. The molecule has 2 fully saturated rings. The summed E-state index contributed by atoms with van der Waals surface area (Å²) < 4.78 is 21.3. The summed E-state index contributed by atoms with van der Waals surface area (Å²) in [6.45, 7) is 4.22. The van der Waals surface area contributed by atoms with Crippen LogP contribution in [0.25, 0.3) is 0 Å². The average molecular weight is 541 g/mol. The highest BCUT2D eigenvalue weighted by molar-refractivity contribution is 5.87. The molecule has 0 aromatic carbocycles. The molecule has 2 amide bonds. The summed E-state index contributed by atoms with van der Waals surface area (Å²) in [6, 6.07) is -0.392. The highest BCUT2D eigenvalue weighted by atomic mass is 16.6. The first-order valence-corrected chi connectivity index (χ1v) is 13.3. The molecule has 214 valence electrons.